The van der Waals surface area contributed by atoms with E-state index in [4.69, 9.17) is 0 Å². The van der Waals surface area contributed by atoms with Crippen LogP contribution >= 0.6 is 0 Å². The van der Waals surface area contributed by atoms with Gasteiger partial charge >= 0.3 is 5.97 Å². The molecule has 2 aliphatic heterocycles. The van der Waals surface area contributed by atoms with Crippen molar-refractivity contribution in [3.8, 4) is 11.3 Å². The van der Waals surface area contributed by atoms with E-state index < -0.39 is 5.97 Å². The van der Waals surface area contributed by atoms with Gasteiger partial charge < -0.3 is 19.9 Å². The Balaban J connectivity index is 1.62. The van der Waals surface area contributed by atoms with E-state index in [1.807, 2.05) is 6.07 Å². The third kappa shape index (κ3) is 3.44. The summed E-state index contributed by atoms with van der Waals surface area (Å²) in [6, 6.07) is 13.5. The summed E-state index contributed by atoms with van der Waals surface area (Å²) in [5.74, 6) is -0.311. The van der Waals surface area contributed by atoms with Gasteiger partial charge in [0.15, 0.2) is 0 Å². The van der Waals surface area contributed by atoms with E-state index >= 15 is 0 Å². The molecule has 3 heterocycles. The number of nitrogens with zero attached hydrogens (tertiary/aromatic N) is 2. The highest BCUT2D eigenvalue weighted by molar-refractivity contribution is 6.00. The number of carboxylic acids is 1. The summed E-state index contributed by atoms with van der Waals surface area (Å²) in [4.78, 5) is 14.4. The molecule has 1 fully saturated rings. The zero-order chi connectivity index (χ0) is 23.4. The fourth-order valence-corrected chi connectivity index (χ4v) is 6.80. The number of nitrogens with one attached hydrogen (secondary N) is 1. The fourth-order valence-electron chi connectivity index (χ4n) is 6.80. The Morgan fingerprint density at radius 2 is 1.85 bits per heavy atom. The van der Waals surface area contributed by atoms with Gasteiger partial charge in [-0.1, -0.05) is 57.4 Å². The number of carbonyl (C=O) groups is 1. The molecule has 0 bridgehead atoms. The lowest BCUT2D eigenvalue weighted by molar-refractivity contribution is 0.0697. The van der Waals surface area contributed by atoms with Crippen LogP contribution in [0.15, 0.2) is 36.4 Å². The molecule has 0 unspecified atom stereocenters. The second-order valence-electron chi connectivity index (χ2n) is 10.7. The molecule has 2 N–H and O–H groups in total. The highest BCUT2D eigenvalue weighted by Crippen LogP contribution is 2.50. The molecule has 1 aromatic heterocycles. The molecule has 1 aliphatic carbocycles. The van der Waals surface area contributed by atoms with Crippen LogP contribution in [-0.2, 0) is 6.54 Å². The van der Waals surface area contributed by atoms with Crippen LogP contribution in [0.1, 0.15) is 85.8 Å². The second kappa shape index (κ2) is 8.46. The summed E-state index contributed by atoms with van der Waals surface area (Å²) in [7, 11) is 0. The van der Waals surface area contributed by atoms with Crippen molar-refractivity contribution in [3.63, 3.8) is 0 Å². The maximum Gasteiger partial charge on any atom is 0.335 e. The molecule has 5 heteroatoms. The van der Waals surface area contributed by atoms with E-state index in [1.165, 1.54) is 65.6 Å². The van der Waals surface area contributed by atoms with Gasteiger partial charge in [-0.25, -0.2) is 4.79 Å². The van der Waals surface area contributed by atoms with Crippen molar-refractivity contribution in [2.45, 2.75) is 76.9 Å². The van der Waals surface area contributed by atoms with E-state index in [1.54, 1.807) is 6.07 Å². The van der Waals surface area contributed by atoms with Crippen LogP contribution in [0.4, 0.5) is 5.69 Å². The Kier molecular flexibility index (Phi) is 5.40. The molecular formula is C29H35N3O2. The second-order valence-corrected chi connectivity index (χ2v) is 10.7. The van der Waals surface area contributed by atoms with Gasteiger partial charge in [0.05, 0.1) is 16.9 Å². The highest BCUT2D eigenvalue weighted by atomic mass is 16.4. The third-order valence-electron chi connectivity index (χ3n) is 8.19. The maximum absolute atomic E-state index is 11.8. The smallest absolute Gasteiger partial charge is 0.335 e. The van der Waals surface area contributed by atoms with Gasteiger partial charge in [0.1, 0.15) is 0 Å². The van der Waals surface area contributed by atoms with E-state index in [2.05, 4.69) is 52.9 Å². The maximum atomic E-state index is 11.8. The van der Waals surface area contributed by atoms with Crippen LogP contribution in [-0.4, -0.2) is 34.8 Å². The number of para-hydroxylation sites is 1. The Hall–Kier alpha value is -2.79. The molecule has 34 heavy (non-hydrogen) atoms. The van der Waals surface area contributed by atoms with E-state index in [0.29, 0.717) is 23.6 Å². The number of anilines is 1. The first kappa shape index (κ1) is 21.7. The lowest BCUT2D eigenvalue weighted by atomic mass is 9.81. The Bertz CT molecular complexity index is 1250. The van der Waals surface area contributed by atoms with E-state index in [0.717, 1.165) is 31.6 Å². The zero-order valence-electron chi connectivity index (χ0n) is 20.3. The summed E-state index contributed by atoms with van der Waals surface area (Å²) < 4.78 is 2.45. The molecule has 0 saturated heterocycles. The van der Waals surface area contributed by atoms with Gasteiger partial charge in [-0.2, -0.15) is 0 Å². The van der Waals surface area contributed by atoms with Crippen molar-refractivity contribution < 1.29 is 9.90 Å². The van der Waals surface area contributed by atoms with Crippen LogP contribution in [0.25, 0.3) is 22.2 Å². The quantitative estimate of drug-likeness (QED) is 0.481. The van der Waals surface area contributed by atoms with Crippen molar-refractivity contribution in [2.24, 2.45) is 0 Å². The summed E-state index contributed by atoms with van der Waals surface area (Å²) in [6.45, 7) is 7.35. The van der Waals surface area contributed by atoms with Crippen molar-refractivity contribution in [3.05, 3.63) is 53.1 Å². The van der Waals surface area contributed by atoms with Gasteiger partial charge in [0, 0.05) is 48.2 Å². The standard InChI is InChI=1S/C29H35N3O2/c1-18(2)30-24-13-14-31-15-16-32-25-17-20(29(33)34)11-12-22(25)26(19-7-4-3-5-8-19)28(32)23-10-6-9-21(24)27(23)31/h6,9-12,17-19,24,30H,3-5,7-8,13-16H2,1-2H3,(H,33,34)/t24-/m1/s1. The highest BCUT2D eigenvalue weighted by Gasteiger charge is 2.34. The topological polar surface area (TPSA) is 57.5 Å². The number of hydrogen-bond acceptors (Lipinski definition) is 3. The largest absolute Gasteiger partial charge is 0.478 e. The van der Waals surface area contributed by atoms with Crippen LogP contribution in [0.2, 0.25) is 0 Å². The molecular weight excluding hydrogens is 422 g/mol. The van der Waals surface area contributed by atoms with Crippen molar-refractivity contribution in [1.29, 1.82) is 0 Å². The summed E-state index contributed by atoms with van der Waals surface area (Å²) in [6.07, 6.45) is 7.45. The van der Waals surface area contributed by atoms with Gasteiger partial charge in [0.25, 0.3) is 0 Å². The molecule has 0 radical (unpaired) electrons. The number of carboxylic acid groups (broad SMARTS) is 1. The number of benzene rings is 2. The molecule has 5 nitrogen and oxygen atoms in total. The summed E-state index contributed by atoms with van der Waals surface area (Å²) in [5, 5.41) is 14.8. The van der Waals surface area contributed by atoms with Gasteiger partial charge in [-0.05, 0) is 48.4 Å². The van der Waals surface area contributed by atoms with Crippen LogP contribution in [0.5, 0.6) is 0 Å². The summed E-state index contributed by atoms with van der Waals surface area (Å²) in [5.41, 5.74) is 8.41. The predicted octanol–water partition coefficient (Wildman–Crippen LogP) is 6.32. The number of aromatic carboxylic acids is 1. The average Bonchev–Trinajstić information content (AvgIpc) is 3.07. The van der Waals surface area contributed by atoms with Crippen LogP contribution in [0, 0.1) is 0 Å². The van der Waals surface area contributed by atoms with E-state index in [9.17, 15) is 9.90 Å². The molecule has 0 spiro atoms. The number of hydrogen-bond donors (Lipinski definition) is 2. The van der Waals surface area contributed by atoms with Crippen molar-refractivity contribution in [2.75, 3.05) is 18.0 Å². The van der Waals surface area contributed by atoms with Crippen LogP contribution < -0.4 is 10.2 Å². The third-order valence-corrected chi connectivity index (χ3v) is 8.19. The lowest BCUT2D eigenvalue weighted by Gasteiger charge is -2.37. The van der Waals surface area contributed by atoms with Crippen molar-refractivity contribution >= 4 is 22.6 Å². The molecule has 178 valence electrons. The Morgan fingerprint density at radius 1 is 1.03 bits per heavy atom. The molecule has 0 amide bonds. The van der Waals surface area contributed by atoms with Crippen molar-refractivity contribution in [1.82, 2.24) is 9.88 Å². The molecule has 6 rings (SSSR count). The molecule has 3 aromatic rings. The monoisotopic (exact) mass is 457 g/mol. The number of rotatable bonds is 4. The first-order valence-corrected chi connectivity index (χ1v) is 13.1. The lowest BCUT2D eigenvalue weighted by Crippen LogP contribution is -2.39. The van der Waals surface area contributed by atoms with Crippen LogP contribution in [0.3, 0.4) is 0 Å². The minimum atomic E-state index is -0.852. The molecule has 3 aliphatic rings. The van der Waals surface area contributed by atoms with E-state index in [-0.39, 0.29) is 0 Å². The minimum absolute atomic E-state index is 0.374. The zero-order valence-corrected chi connectivity index (χ0v) is 20.3. The first-order chi connectivity index (χ1) is 16.5. The van der Waals surface area contributed by atoms with Gasteiger partial charge in [0.2, 0.25) is 0 Å². The van der Waals surface area contributed by atoms with Gasteiger partial charge in [-0.15, -0.1) is 0 Å². The van der Waals surface area contributed by atoms with Gasteiger partial charge in [-0.3, -0.25) is 0 Å². The molecule has 1 atom stereocenters. The first-order valence-electron chi connectivity index (χ1n) is 13.1. The Morgan fingerprint density at radius 3 is 2.62 bits per heavy atom. The fraction of sp³-hybridized carbons (Fsp3) is 0.483. The number of aromatic nitrogens is 1. The minimum Gasteiger partial charge on any atom is -0.478 e. The number of fused-ring (bicyclic) bond motifs is 4. The normalized spacial score (nSPS) is 20.3. The SMILES string of the molecule is CC(C)N[C@@H]1CCN2CCn3c(c(C4CCCCC4)c4ccc(C(=O)O)cc43)-c3cccc1c32. The average molecular weight is 458 g/mol. The molecule has 2 aromatic carbocycles. The predicted molar refractivity (Wildman–Crippen MR) is 138 cm³/mol. The summed E-state index contributed by atoms with van der Waals surface area (Å²) >= 11 is 0. The Labute approximate surface area is 201 Å². The molecule has 1 saturated carbocycles.